The molecule has 2 aromatic heterocycles. The van der Waals surface area contributed by atoms with Crippen LogP contribution in [0.4, 0.5) is 5.95 Å². The molecule has 1 saturated heterocycles. The Morgan fingerprint density at radius 2 is 2.03 bits per heavy atom. The molecule has 3 aliphatic rings. The maximum atomic E-state index is 4.58. The highest BCUT2D eigenvalue weighted by atomic mass is 79.9. The van der Waals surface area contributed by atoms with Crippen molar-refractivity contribution in [1.29, 1.82) is 0 Å². The topological polar surface area (TPSA) is 58.0 Å². The second-order valence-corrected chi connectivity index (χ2v) is 10.7. The van der Waals surface area contributed by atoms with E-state index in [1.807, 2.05) is 11.3 Å². The zero-order valence-corrected chi connectivity index (χ0v) is 19.2. The molecule has 1 aliphatic carbocycles. The minimum atomic E-state index is 0.138. The van der Waals surface area contributed by atoms with Gasteiger partial charge in [-0.15, -0.1) is 21.5 Å². The molecule has 2 aliphatic heterocycles. The molecule has 1 fully saturated rings. The van der Waals surface area contributed by atoms with E-state index in [-0.39, 0.29) is 12.3 Å². The molecule has 6 rings (SSSR count). The van der Waals surface area contributed by atoms with Gasteiger partial charge in [-0.05, 0) is 55.9 Å². The second kappa shape index (κ2) is 7.09. The van der Waals surface area contributed by atoms with Crippen molar-refractivity contribution >= 4 is 45.0 Å². The number of nitrogens with one attached hydrogen (secondary N) is 2. The first-order chi connectivity index (χ1) is 14.2. The van der Waals surface area contributed by atoms with E-state index in [9.17, 15) is 0 Å². The molecule has 9 heteroatoms. The molecule has 0 bridgehead atoms. The first kappa shape index (κ1) is 18.4. The Labute approximate surface area is 186 Å². The fraction of sp³-hybridized carbons (Fsp3) is 0.400. The van der Waals surface area contributed by atoms with Crippen LogP contribution in [0.3, 0.4) is 0 Å². The highest BCUT2D eigenvalue weighted by Crippen LogP contribution is 2.48. The summed E-state index contributed by atoms with van der Waals surface area (Å²) in [4.78, 5) is 1.55. The van der Waals surface area contributed by atoms with Gasteiger partial charge in [0.05, 0.1) is 6.17 Å². The van der Waals surface area contributed by atoms with E-state index < -0.39 is 0 Å². The van der Waals surface area contributed by atoms with Gasteiger partial charge < -0.3 is 0 Å². The number of hydrogen-bond donors (Lipinski definition) is 2. The second-order valence-electron chi connectivity index (χ2n) is 7.75. The summed E-state index contributed by atoms with van der Waals surface area (Å²) in [7, 11) is 0. The molecule has 0 amide bonds. The predicted octanol–water partition coefficient (Wildman–Crippen LogP) is 4.53. The van der Waals surface area contributed by atoms with Crippen molar-refractivity contribution in [2.75, 3.05) is 5.01 Å². The van der Waals surface area contributed by atoms with Gasteiger partial charge in [-0.1, -0.05) is 39.8 Å². The van der Waals surface area contributed by atoms with Crippen molar-refractivity contribution in [3.05, 3.63) is 50.3 Å². The lowest BCUT2D eigenvalue weighted by atomic mass is 9.94. The first-order valence-corrected chi connectivity index (χ1v) is 12.6. The Hall–Kier alpha value is -1.39. The SMILES string of the molecule is CC1NC2c3c(sc4c3CCCC4)-n3c(SCc4ccc(Br)cc4)nnc3N2N1. The van der Waals surface area contributed by atoms with Crippen LogP contribution < -0.4 is 15.8 Å². The standard InChI is InChI=1S/C20H21BrN6S2/c1-11-22-17-16-14-4-2-3-5-15(14)29-18(16)26-19(27(17)25-11)23-24-20(26)28-10-12-6-8-13(21)9-7-12/h6-9,11,17,22,25H,2-5,10H2,1H3. The molecule has 2 N–H and O–H groups in total. The number of aryl methyl sites for hydroxylation is 1. The summed E-state index contributed by atoms with van der Waals surface area (Å²) in [6.07, 6.45) is 5.30. The summed E-state index contributed by atoms with van der Waals surface area (Å²) in [6.45, 7) is 2.15. The third-order valence-electron chi connectivity index (χ3n) is 5.78. The average Bonchev–Trinajstić information content (AvgIpc) is 3.41. The number of anilines is 1. The van der Waals surface area contributed by atoms with Gasteiger partial charge in [0.15, 0.2) is 5.16 Å². The molecule has 6 nitrogen and oxygen atoms in total. The highest BCUT2D eigenvalue weighted by Gasteiger charge is 2.43. The minimum Gasteiger partial charge on any atom is -0.276 e. The molecular weight excluding hydrogens is 468 g/mol. The largest absolute Gasteiger partial charge is 0.276 e. The van der Waals surface area contributed by atoms with Gasteiger partial charge >= 0.3 is 0 Å². The van der Waals surface area contributed by atoms with Gasteiger partial charge in [-0.25, -0.2) is 9.99 Å². The van der Waals surface area contributed by atoms with Gasteiger partial charge in [0.2, 0.25) is 5.95 Å². The fourth-order valence-corrected chi connectivity index (χ4v) is 7.09. The molecule has 0 spiro atoms. The quantitative estimate of drug-likeness (QED) is 0.528. The van der Waals surface area contributed by atoms with Crippen LogP contribution in [-0.4, -0.2) is 20.9 Å². The molecule has 150 valence electrons. The summed E-state index contributed by atoms with van der Waals surface area (Å²) in [5.41, 5.74) is 7.80. The van der Waals surface area contributed by atoms with E-state index in [4.69, 9.17) is 0 Å². The number of thiophene rings is 1. The van der Waals surface area contributed by atoms with Crippen LogP contribution in [0, 0.1) is 0 Å². The van der Waals surface area contributed by atoms with Crippen LogP contribution in [0.5, 0.6) is 0 Å². The molecule has 3 aromatic rings. The van der Waals surface area contributed by atoms with E-state index in [1.165, 1.54) is 41.8 Å². The van der Waals surface area contributed by atoms with Crippen molar-refractivity contribution in [2.45, 2.75) is 55.8 Å². The molecule has 29 heavy (non-hydrogen) atoms. The lowest BCUT2D eigenvalue weighted by Crippen LogP contribution is -2.40. The Morgan fingerprint density at radius 3 is 2.90 bits per heavy atom. The van der Waals surface area contributed by atoms with E-state index in [1.54, 1.807) is 22.2 Å². The zero-order valence-electron chi connectivity index (χ0n) is 16.0. The summed E-state index contributed by atoms with van der Waals surface area (Å²) >= 11 is 7.20. The van der Waals surface area contributed by atoms with Crippen molar-refractivity contribution in [2.24, 2.45) is 0 Å². The summed E-state index contributed by atoms with van der Waals surface area (Å²) in [5, 5.41) is 17.3. The van der Waals surface area contributed by atoms with Gasteiger partial charge in [-0.2, -0.15) is 0 Å². The number of fused-ring (bicyclic) bond motifs is 8. The Morgan fingerprint density at radius 1 is 1.21 bits per heavy atom. The predicted molar refractivity (Wildman–Crippen MR) is 121 cm³/mol. The molecule has 0 radical (unpaired) electrons. The van der Waals surface area contributed by atoms with E-state index >= 15 is 0 Å². The third-order valence-corrected chi connectivity index (χ3v) is 8.60. The van der Waals surface area contributed by atoms with E-state index in [0.29, 0.717) is 0 Å². The van der Waals surface area contributed by atoms with Crippen molar-refractivity contribution in [1.82, 2.24) is 25.5 Å². The summed E-state index contributed by atoms with van der Waals surface area (Å²) < 4.78 is 3.37. The number of aromatic nitrogens is 3. The lowest BCUT2D eigenvalue weighted by Gasteiger charge is -2.31. The van der Waals surface area contributed by atoms with Crippen LogP contribution in [0.15, 0.2) is 33.9 Å². The van der Waals surface area contributed by atoms with Gasteiger partial charge in [-0.3, -0.25) is 10.3 Å². The summed E-state index contributed by atoms with van der Waals surface area (Å²) in [6, 6.07) is 8.49. The minimum absolute atomic E-state index is 0.138. The summed E-state index contributed by atoms with van der Waals surface area (Å²) in [5.74, 6) is 1.76. The third kappa shape index (κ3) is 2.97. The number of halogens is 1. The van der Waals surface area contributed by atoms with Gasteiger partial charge in [0.1, 0.15) is 11.2 Å². The molecule has 0 saturated carbocycles. The number of rotatable bonds is 3. The van der Waals surface area contributed by atoms with Gasteiger partial charge in [0.25, 0.3) is 0 Å². The number of hydrogen-bond acceptors (Lipinski definition) is 7. The first-order valence-electron chi connectivity index (χ1n) is 9.98. The molecular formula is C20H21BrN6S2. The molecule has 2 atom stereocenters. The Bertz CT molecular complexity index is 1080. The normalized spacial score (nSPS) is 22.2. The van der Waals surface area contributed by atoms with E-state index in [2.05, 4.69) is 77.6 Å². The highest BCUT2D eigenvalue weighted by molar-refractivity contribution is 9.10. The Balaban J connectivity index is 1.42. The molecule has 1 aromatic carbocycles. The lowest BCUT2D eigenvalue weighted by molar-refractivity contribution is 0.558. The van der Waals surface area contributed by atoms with Crippen LogP contribution in [-0.2, 0) is 18.6 Å². The van der Waals surface area contributed by atoms with Crippen LogP contribution >= 0.6 is 39.0 Å². The zero-order chi connectivity index (χ0) is 19.5. The monoisotopic (exact) mass is 488 g/mol. The number of hydrazine groups is 1. The van der Waals surface area contributed by atoms with Gasteiger partial charge in [0, 0.05) is 20.7 Å². The van der Waals surface area contributed by atoms with Crippen molar-refractivity contribution in [3.63, 3.8) is 0 Å². The molecule has 2 unspecified atom stereocenters. The number of nitrogens with zero attached hydrogens (tertiary/aromatic N) is 4. The van der Waals surface area contributed by atoms with Crippen LogP contribution in [0.25, 0.3) is 5.00 Å². The van der Waals surface area contributed by atoms with Crippen molar-refractivity contribution in [3.8, 4) is 5.00 Å². The maximum Gasteiger partial charge on any atom is 0.249 e. The van der Waals surface area contributed by atoms with Crippen LogP contribution in [0.1, 0.15) is 47.5 Å². The van der Waals surface area contributed by atoms with Crippen LogP contribution in [0.2, 0.25) is 0 Å². The Kier molecular flexibility index (Phi) is 4.50. The fourth-order valence-electron chi connectivity index (χ4n) is 4.46. The molecule has 4 heterocycles. The van der Waals surface area contributed by atoms with E-state index in [0.717, 1.165) is 21.3 Å². The smallest absolute Gasteiger partial charge is 0.249 e. The average molecular weight is 489 g/mol. The number of thioether (sulfide) groups is 1. The number of benzene rings is 1. The van der Waals surface area contributed by atoms with Crippen molar-refractivity contribution < 1.29 is 0 Å². The maximum absolute atomic E-state index is 4.58.